The summed E-state index contributed by atoms with van der Waals surface area (Å²) in [5, 5.41) is 2.21. The van der Waals surface area contributed by atoms with Gasteiger partial charge in [0, 0.05) is 45.3 Å². The number of piperazine rings is 1. The van der Waals surface area contributed by atoms with Gasteiger partial charge in [-0.15, -0.1) is 0 Å². The van der Waals surface area contributed by atoms with E-state index in [1.807, 2.05) is 42.5 Å². The first-order chi connectivity index (χ1) is 13.0. The van der Waals surface area contributed by atoms with E-state index in [-0.39, 0.29) is 17.7 Å². The first-order valence-corrected chi connectivity index (χ1v) is 9.39. The lowest BCUT2D eigenvalue weighted by Crippen LogP contribution is -2.52. The monoisotopic (exact) mass is 365 g/mol. The van der Waals surface area contributed by atoms with E-state index in [0.29, 0.717) is 39.1 Å². The molecule has 2 aliphatic rings. The molecule has 3 amide bonds. The molecular formula is C21H23N3O3. The van der Waals surface area contributed by atoms with Crippen molar-refractivity contribution in [3.05, 3.63) is 42.5 Å². The van der Waals surface area contributed by atoms with Gasteiger partial charge in [-0.1, -0.05) is 30.3 Å². The van der Waals surface area contributed by atoms with Crippen molar-refractivity contribution in [3.8, 4) is 0 Å². The molecule has 6 heteroatoms. The van der Waals surface area contributed by atoms with E-state index < -0.39 is 5.92 Å². The van der Waals surface area contributed by atoms with Gasteiger partial charge in [-0.25, -0.2) is 0 Å². The molecule has 0 saturated carbocycles. The Hall–Kier alpha value is -2.89. The van der Waals surface area contributed by atoms with Crippen molar-refractivity contribution in [2.24, 2.45) is 5.92 Å². The summed E-state index contributed by atoms with van der Waals surface area (Å²) in [6.45, 7) is 4.17. The number of carbonyl (C=O) groups is 3. The van der Waals surface area contributed by atoms with Crippen molar-refractivity contribution in [2.45, 2.75) is 13.3 Å². The second-order valence-corrected chi connectivity index (χ2v) is 7.19. The highest BCUT2D eigenvalue weighted by Gasteiger charge is 2.40. The van der Waals surface area contributed by atoms with Crippen LogP contribution in [0.3, 0.4) is 0 Å². The lowest BCUT2D eigenvalue weighted by molar-refractivity contribution is -0.144. The molecule has 2 heterocycles. The van der Waals surface area contributed by atoms with Crippen LogP contribution in [-0.4, -0.2) is 60.2 Å². The topological polar surface area (TPSA) is 60.9 Å². The van der Waals surface area contributed by atoms with Crippen LogP contribution < -0.4 is 4.90 Å². The van der Waals surface area contributed by atoms with Crippen LogP contribution in [0.5, 0.6) is 0 Å². The smallest absolute Gasteiger partial charge is 0.239 e. The molecule has 6 nitrogen and oxygen atoms in total. The molecule has 0 aliphatic carbocycles. The lowest BCUT2D eigenvalue weighted by atomic mass is 10.1. The van der Waals surface area contributed by atoms with Gasteiger partial charge < -0.3 is 14.7 Å². The van der Waals surface area contributed by atoms with Gasteiger partial charge in [0.05, 0.1) is 0 Å². The molecule has 27 heavy (non-hydrogen) atoms. The molecule has 0 spiro atoms. The highest BCUT2D eigenvalue weighted by molar-refractivity contribution is 6.10. The van der Waals surface area contributed by atoms with Crippen molar-refractivity contribution in [1.82, 2.24) is 9.80 Å². The summed E-state index contributed by atoms with van der Waals surface area (Å²) in [5.41, 5.74) is 0.843. The second-order valence-electron chi connectivity index (χ2n) is 7.19. The molecule has 1 atom stereocenters. The number of benzene rings is 2. The number of anilines is 1. The molecule has 4 rings (SSSR count). The SMILES string of the molecule is CC(=O)N1CCN(C(=O)C2CCN(c3ccc4ccccc4c3)C2=O)CC1. The Kier molecular flexibility index (Phi) is 4.56. The van der Waals surface area contributed by atoms with Crippen LogP contribution >= 0.6 is 0 Å². The van der Waals surface area contributed by atoms with E-state index in [1.165, 1.54) is 0 Å². The maximum atomic E-state index is 12.9. The highest BCUT2D eigenvalue weighted by atomic mass is 16.2. The molecule has 1 unspecified atom stereocenters. The fourth-order valence-electron chi connectivity index (χ4n) is 3.97. The van der Waals surface area contributed by atoms with Gasteiger partial charge in [-0.05, 0) is 29.3 Å². The molecular weight excluding hydrogens is 342 g/mol. The third kappa shape index (κ3) is 3.27. The Labute approximate surface area is 158 Å². The predicted molar refractivity (Wildman–Crippen MR) is 103 cm³/mol. The second kappa shape index (κ2) is 7.02. The molecule has 0 N–H and O–H groups in total. The Balaban J connectivity index is 1.46. The zero-order chi connectivity index (χ0) is 19.0. The molecule has 2 fully saturated rings. The van der Waals surface area contributed by atoms with Gasteiger partial charge in [0.15, 0.2) is 0 Å². The number of amides is 3. The maximum absolute atomic E-state index is 12.9. The van der Waals surface area contributed by atoms with E-state index in [1.54, 1.807) is 21.6 Å². The quantitative estimate of drug-likeness (QED) is 0.764. The van der Waals surface area contributed by atoms with Crippen LogP contribution in [0.15, 0.2) is 42.5 Å². The maximum Gasteiger partial charge on any atom is 0.239 e. The van der Waals surface area contributed by atoms with Crippen LogP contribution in [0.1, 0.15) is 13.3 Å². The normalized spacial score (nSPS) is 20.4. The van der Waals surface area contributed by atoms with Gasteiger partial charge >= 0.3 is 0 Å². The fourth-order valence-corrected chi connectivity index (χ4v) is 3.97. The van der Waals surface area contributed by atoms with Crippen LogP contribution in [0, 0.1) is 5.92 Å². The number of fused-ring (bicyclic) bond motifs is 1. The summed E-state index contributed by atoms with van der Waals surface area (Å²) in [6, 6.07) is 14.0. The van der Waals surface area contributed by atoms with Gasteiger partial charge in [0.1, 0.15) is 5.92 Å². The number of rotatable bonds is 2. The molecule has 2 aromatic rings. The average molecular weight is 365 g/mol. The summed E-state index contributed by atoms with van der Waals surface area (Å²) in [4.78, 5) is 42.4. The Morgan fingerprint density at radius 2 is 1.56 bits per heavy atom. The number of hydrogen-bond donors (Lipinski definition) is 0. The molecule has 2 aromatic carbocycles. The largest absolute Gasteiger partial charge is 0.339 e. The fraction of sp³-hybridized carbons (Fsp3) is 0.381. The van der Waals surface area contributed by atoms with Crippen molar-refractivity contribution in [1.29, 1.82) is 0 Å². The summed E-state index contributed by atoms with van der Waals surface area (Å²) >= 11 is 0. The van der Waals surface area contributed by atoms with E-state index in [0.717, 1.165) is 16.5 Å². The summed E-state index contributed by atoms with van der Waals surface area (Å²) in [5.74, 6) is -0.808. The third-order valence-electron chi connectivity index (χ3n) is 5.58. The molecule has 2 saturated heterocycles. The van der Waals surface area contributed by atoms with E-state index in [4.69, 9.17) is 0 Å². The zero-order valence-corrected chi connectivity index (χ0v) is 15.4. The van der Waals surface area contributed by atoms with Gasteiger partial charge in [0.25, 0.3) is 0 Å². The van der Waals surface area contributed by atoms with E-state index in [9.17, 15) is 14.4 Å². The van der Waals surface area contributed by atoms with E-state index >= 15 is 0 Å². The van der Waals surface area contributed by atoms with Crippen molar-refractivity contribution in [2.75, 3.05) is 37.6 Å². The van der Waals surface area contributed by atoms with Crippen LogP contribution in [-0.2, 0) is 14.4 Å². The van der Waals surface area contributed by atoms with Crippen molar-refractivity contribution < 1.29 is 14.4 Å². The zero-order valence-electron chi connectivity index (χ0n) is 15.4. The van der Waals surface area contributed by atoms with Gasteiger partial charge in [0.2, 0.25) is 17.7 Å². The number of nitrogens with zero attached hydrogens (tertiary/aromatic N) is 3. The lowest BCUT2D eigenvalue weighted by Gasteiger charge is -2.35. The van der Waals surface area contributed by atoms with Crippen molar-refractivity contribution in [3.63, 3.8) is 0 Å². The minimum absolute atomic E-state index is 0.0292. The molecule has 2 aliphatic heterocycles. The average Bonchev–Trinajstić information content (AvgIpc) is 3.08. The van der Waals surface area contributed by atoms with Crippen molar-refractivity contribution >= 4 is 34.2 Å². The third-order valence-corrected chi connectivity index (χ3v) is 5.58. The van der Waals surface area contributed by atoms with Gasteiger partial charge in [-0.3, -0.25) is 14.4 Å². The summed E-state index contributed by atoms with van der Waals surface area (Å²) in [7, 11) is 0. The Bertz CT molecular complexity index is 902. The Morgan fingerprint density at radius 3 is 2.26 bits per heavy atom. The molecule has 140 valence electrons. The molecule has 0 radical (unpaired) electrons. The minimum atomic E-state index is -0.611. The summed E-state index contributed by atoms with van der Waals surface area (Å²) < 4.78 is 0. The van der Waals surface area contributed by atoms with E-state index in [2.05, 4.69) is 0 Å². The Morgan fingerprint density at radius 1 is 0.889 bits per heavy atom. The highest BCUT2D eigenvalue weighted by Crippen LogP contribution is 2.29. The standard InChI is InChI=1S/C21H23N3O3/c1-15(25)22-10-12-23(13-11-22)20(26)19-8-9-24(21(19)27)18-7-6-16-4-2-3-5-17(16)14-18/h2-7,14,19H,8-13H2,1H3. The molecule has 0 bridgehead atoms. The number of carbonyl (C=O) groups excluding carboxylic acids is 3. The van der Waals surface area contributed by atoms with Gasteiger partial charge in [-0.2, -0.15) is 0 Å². The summed E-state index contributed by atoms with van der Waals surface area (Å²) in [6.07, 6.45) is 0.539. The molecule has 0 aromatic heterocycles. The predicted octanol–water partition coefficient (Wildman–Crippen LogP) is 1.88. The minimum Gasteiger partial charge on any atom is -0.339 e. The van der Waals surface area contributed by atoms with Crippen LogP contribution in [0.2, 0.25) is 0 Å². The van der Waals surface area contributed by atoms with Crippen LogP contribution in [0.25, 0.3) is 10.8 Å². The first kappa shape index (κ1) is 17.5. The first-order valence-electron chi connectivity index (χ1n) is 9.39. The number of hydrogen-bond acceptors (Lipinski definition) is 3. The van der Waals surface area contributed by atoms with Crippen LogP contribution in [0.4, 0.5) is 5.69 Å².